The van der Waals surface area contributed by atoms with Crippen LogP contribution in [0.5, 0.6) is 0 Å². The molecule has 0 unspecified atom stereocenters. The molecule has 686 valence electrons. The highest BCUT2D eigenvalue weighted by atomic mass is 32.1. The summed E-state index contributed by atoms with van der Waals surface area (Å²) in [5, 5.41) is 12.7. The molecule has 0 saturated heterocycles. The summed E-state index contributed by atoms with van der Waals surface area (Å²) < 4.78 is 2.32. The molecule has 7 aromatic heterocycles. The fraction of sp³-hybridized carbons (Fsp3) is 0. The Hall–Kier alpha value is -19.4. The van der Waals surface area contributed by atoms with Crippen molar-refractivity contribution in [3.63, 3.8) is 0 Å². The summed E-state index contributed by atoms with van der Waals surface area (Å²) in [6.45, 7) is 0. The van der Waals surface area contributed by atoms with Gasteiger partial charge >= 0.3 is 0 Å². The van der Waals surface area contributed by atoms with Crippen LogP contribution in [0.2, 0.25) is 0 Å². The summed E-state index contributed by atoms with van der Waals surface area (Å²) in [4.78, 5) is 45.2. The Morgan fingerprint density at radius 2 is 0.422 bits per heavy atom. The fourth-order valence-corrected chi connectivity index (χ4v) is 21.8. The van der Waals surface area contributed by atoms with Crippen molar-refractivity contribution in [1.82, 2.24) is 44.9 Å². The summed E-state index contributed by atoms with van der Waals surface area (Å²) in [6, 6.07) is 180. The molecule has 0 bridgehead atoms. The third-order valence-electron chi connectivity index (χ3n) is 27.9. The lowest BCUT2D eigenvalue weighted by molar-refractivity contribution is 1.23. The predicted octanol–water partition coefficient (Wildman–Crippen LogP) is 36.2. The van der Waals surface area contributed by atoms with E-state index in [2.05, 4.69) is 449 Å². The van der Waals surface area contributed by atoms with Gasteiger partial charge in [-0.1, -0.05) is 413 Å². The Morgan fingerprint density at radius 3 is 0.837 bits per heavy atom. The minimum Gasteiger partial charge on any atom is -0.256 e. The summed E-state index contributed by atoms with van der Waals surface area (Å²) in [7, 11) is 0. The monoisotopic (exact) mass is 1890 g/mol. The average Bonchev–Trinajstić information content (AvgIpc) is 1.58. The number of fused-ring (bicyclic) bond motifs is 14. The Kier molecular flexibility index (Phi) is 23.0. The van der Waals surface area contributed by atoms with Crippen molar-refractivity contribution in [2.45, 2.75) is 0 Å². The number of thiophene rings is 1. The molecule has 0 radical (unpaired) electrons. The van der Waals surface area contributed by atoms with E-state index in [1.807, 2.05) is 79.3 Å². The number of hydrogen-bond acceptors (Lipinski definition) is 10. The average molecular weight is 1890 g/mol. The number of rotatable bonds is 15. The minimum absolute atomic E-state index is 0.710. The third kappa shape index (κ3) is 17.2. The topological polar surface area (TPSA) is 116 Å². The quantitative estimate of drug-likeness (QED) is 0.0925. The largest absolute Gasteiger partial charge is 0.256 e. The Balaban J connectivity index is 0.000000112. The number of pyridine rings is 3. The highest BCUT2D eigenvalue weighted by molar-refractivity contribution is 7.26. The number of nitrogens with zero attached hydrogens (tertiary/aromatic N) is 9. The lowest BCUT2D eigenvalue weighted by atomic mass is 9.92. The van der Waals surface area contributed by atoms with Crippen LogP contribution < -0.4 is 0 Å². The molecule has 147 heavy (non-hydrogen) atoms. The van der Waals surface area contributed by atoms with E-state index in [4.69, 9.17) is 44.9 Å². The van der Waals surface area contributed by atoms with Gasteiger partial charge in [-0.3, -0.25) is 15.0 Å². The van der Waals surface area contributed by atoms with Gasteiger partial charge < -0.3 is 0 Å². The third-order valence-corrected chi connectivity index (χ3v) is 29.1. The molecule has 7 heterocycles. The van der Waals surface area contributed by atoms with E-state index in [0.29, 0.717) is 5.82 Å². The summed E-state index contributed by atoms with van der Waals surface area (Å²) in [5.74, 6) is 1.43. The van der Waals surface area contributed by atoms with Crippen LogP contribution in [0.1, 0.15) is 0 Å². The molecule has 10 heteroatoms. The van der Waals surface area contributed by atoms with Gasteiger partial charge in [-0.05, 0) is 213 Å². The van der Waals surface area contributed by atoms with Gasteiger partial charge in [0, 0.05) is 99.8 Å². The fourth-order valence-electron chi connectivity index (χ4n) is 20.7. The van der Waals surface area contributed by atoms with E-state index >= 15 is 0 Å². The molecule has 0 aliphatic heterocycles. The number of hydrogen-bond donors (Lipinski definition) is 0. The first-order chi connectivity index (χ1) is 72.8. The molecule has 28 aromatic rings. The minimum atomic E-state index is 0.710. The zero-order valence-electron chi connectivity index (χ0n) is 79.7. The normalized spacial score (nSPS) is 11.4. The van der Waals surface area contributed by atoms with Gasteiger partial charge in [-0.2, -0.15) is 0 Å². The first-order valence-electron chi connectivity index (χ1n) is 49.5. The smallest absolute Gasteiger partial charge is 0.160 e. The van der Waals surface area contributed by atoms with Gasteiger partial charge in [0.1, 0.15) is 0 Å². The van der Waals surface area contributed by atoms with E-state index in [-0.39, 0.29) is 0 Å². The molecular formula is C137H87N9S. The zero-order valence-corrected chi connectivity index (χ0v) is 80.5. The second-order valence-electron chi connectivity index (χ2n) is 36.9. The maximum absolute atomic E-state index is 5.30. The summed E-state index contributed by atoms with van der Waals surface area (Å²) in [5.41, 5.74) is 37.6. The van der Waals surface area contributed by atoms with Gasteiger partial charge in [-0.25, -0.2) is 29.9 Å². The van der Waals surface area contributed by atoms with Crippen molar-refractivity contribution in [1.29, 1.82) is 0 Å². The van der Waals surface area contributed by atoms with Gasteiger partial charge in [0.2, 0.25) is 0 Å². The van der Waals surface area contributed by atoms with Crippen LogP contribution in [-0.4, -0.2) is 44.9 Å². The molecule has 9 nitrogen and oxygen atoms in total. The Bertz CT molecular complexity index is 9930. The first-order valence-corrected chi connectivity index (χ1v) is 50.3. The highest BCUT2D eigenvalue weighted by Crippen LogP contribution is 2.46. The van der Waals surface area contributed by atoms with E-state index < -0.39 is 0 Å². The van der Waals surface area contributed by atoms with Crippen molar-refractivity contribution < 1.29 is 0 Å². The lowest BCUT2D eigenvalue weighted by Crippen LogP contribution is -1.96. The molecule has 0 atom stereocenters. The molecule has 21 aromatic carbocycles. The van der Waals surface area contributed by atoms with E-state index in [1.54, 1.807) is 11.3 Å². The first kappa shape index (κ1) is 87.8. The molecule has 0 saturated carbocycles. The van der Waals surface area contributed by atoms with Crippen LogP contribution >= 0.6 is 11.3 Å². The number of para-hydroxylation sites is 3. The lowest BCUT2D eigenvalue weighted by Gasteiger charge is -2.14. The molecule has 0 aliphatic carbocycles. The Morgan fingerprint density at radius 1 is 0.143 bits per heavy atom. The van der Waals surface area contributed by atoms with Crippen molar-refractivity contribution >= 4 is 119 Å². The SMILES string of the molecule is c1ccc(-c2ccc(-c3nc(-c4cccc(-c5cccc(-c6cc7cccnc7c7ccccc67)c5)c4)nc4c3sc3ccccc34)cc2)cc1.c1ccc(-c2ccc(-c3nc(-c4cccc(-c5cccc(-c6cc7cccnc7c7ccccc67)c5)c4)nc4ccccc34)cc2)cc1.c1ccc(-c2ccc(-c3nc4ccccc4nc3-c3cccc(-c4cccc(-c5cc6cccnc6c6ccccc56)c4)c3)cc2)cc1. The van der Waals surface area contributed by atoms with Crippen molar-refractivity contribution in [3.05, 3.63) is 528 Å². The van der Waals surface area contributed by atoms with E-state index in [0.717, 1.165) is 182 Å². The van der Waals surface area contributed by atoms with Crippen LogP contribution in [0, 0.1) is 0 Å². The molecular weight excluding hydrogens is 1800 g/mol. The predicted molar refractivity (Wildman–Crippen MR) is 614 cm³/mol. The molecule has 0 fully saturated rings. The molecule has 0 N–H and O–H groups in total. The molecule has 0 amide bonds. The number of aromatic nitrogens is 9. The number of benzene rings is 21. The van der Waals surface area contributed by atoms with Gasteiger partial charge in [0.25, 0.3) is 0 Å². The van der Waals surface area contributed by atoms with Crippen LogP contribution in [-0.2, 0) is 0 Å². The Labute approximate surface area is 853 Å². The maximum atomic E-state index is 5.30. The standard InChI is InChI=1S/C47H29N3S.2C45H29N3/c1-2-11-30(12-3-1)31-22-24-32(25-23-31)44-46-45(40-20-6-7-21-42(40)51-46)50-47(49-44)37-16-9-14-34(28-37)33-13-8-15-35(27-33)41-29-36-17-10-26-48-43(36)39-19-5-4-18-38(39)41;1-2-11-30(12-3-1)31-22-24-32(25-23-31)44-40-20-6-7-21-42(40)47-45(48-44)37-16-9-14-34(28-37)33-13-8-15-35(27-33)41-29-36-17-10-26-46-43(36)39-19-5-4-18-38(39)41;1-2-11-30(12-3-1)31-22-24-32(25-23-31)44-45(48-42-21-7-6-20-41(42)47-44)36-16-9-14-34(28-36)33-13-8-15-35(27-33)40-29-37-17-10-26-46-43(37)39-19-5-4-18-38(39)40/h1-29H;2*1-29H. The second kappa shape index (κ2) is 38.6. The second-order valence-corrected chi connectivity index (χ2v) is 38.0. The van der Waals surface area contributed by atoms with E-state index in [1.165, 1.54) is 87.6 Å². The molecule has 28 rings (SSSR count). The molecule has 0 spiro atoms. The van der Waals surface area contributed by atoms with Crippen LogP contribution in [0.4, 0.5) is 0 Å². The van der Waals surface area contributed by atoms with Crippen molar-refractivity contribution in [2.75, 3.05) is 0 Å². The maximum Gasteiger partial charge on any atom is 0.160 e. The van der Waals surface area contributed by atoms with Crippen LogP contribution in [0.15, 0.2) is 528 Å². The van der Waals surface area contributed by atoms with Crippen molar-refractivity contribution in [3.8, 4) is 168 Å². The van der Waals surface area contributed by atoms with E-state index in [9.17, 15) is 0 Å². The summed E-state index contributed by atoms with van der Waals surface area (Å²) >= 11 is 1.76. The van der Waals surface area contributed by atoms with Gasteiger partial charge in [0.05, 0.1) is 66.1 Å². The van der Waals surface area contributed by atoms with Gasteiger partial charge in [0.15, 0.2) is 11.6 Å². The highest BCUT2D eigenvalue weighted by Gasteiger charge is 2.23. The van der Waals surface area contributed by atoms with Crippen molar-refractivity contribution in [2.24, 2.45) is 0 Å². The van der Waals surface area contributed by atoms with Gasteiger partial charge in [-0.15, -0.1) is 11.3 Å². The molecule has 0 aliphatic rings. The van der Waals surface area contributed by atoms with Crippen LogP contribution in [0.25, 0.3) is 275 Å². The summed E-state index contributed by atoms with van der Waals surface area (Å²) in [6.07, 6.45) is 5.61. The zero-order chi connectivity index (χ0) is 97.5. The van der Waals surface area contributed by atoms with Crippen LogP contribution in [0.3, 0.4) is 0 Å².